The monoisotopic (exact) mass is 404 g/mol. The fourth-order valence-electron chi connectivity index (χ4n) is 2.48. The van der Waals surface area contributed by atoms with E-state index in [2.05, 4.69) is 29.4 Å². The van der Waals surface area contributed by atoms with E-state index in [4.69, 9.17) is 16.0 Å². The molecular weight excluding hydrogens is 384 g/mol. The Morgan fingerprint density at radius 1 is 1.22 bits per heavy atom. The SMILES string of the molecule is CC(C)Cn1c(SC(C)C(=O)Nc2ccc(Cl)cc2)nnc1-c1ccco1. The van der Waals surface area contributed by atoms with Crippen LogP contribution in [0.3, 0.4) is 0 Å². The van der Waals surface area contributed by atoms with E-state index in [0.717, 1.165) is 6.54 Å². The summed E-state index contributed by atoms with van der Waals surface area (Å²) in [5.74, 6) is 1.61. The molecule has 1 atom stereocenters. The highest BCUT2D eigenvalue weighted by molar-refractivity contribution is 8.00. The van der Waals surface area contributed by atoms with Gasteiger partial charge in [0.25, 0.3) is 0 Å². The quantitative estimate of drug-likeness (QED) is 0.563. The predicted molar refractivity (Wildman–Crippen MR) is 108 cm³/mol. The molecule has 1 amide bonds. The number of aromatic nitrogens is 3. The van der Waals surface area contributed by atoms with E-state index in [1.807, 2.05) is 23.6 Å². The van der Waals surface area contributed by atoms with Gasteiger partial charge in [-0.25, -0.2) is 0 Å². The van der Waals surface area contributed by atoms with Gasteiger partial charge in [-0.1, -0.05) is 37.2 Å². The van der Waals surface area contributed by atoms with Crippen LogP contribution in [0.1, 0.15) is 20.8 Å². The molecule has 0 saturated heterocycles. The molecule has 0 fully saturated rings. The zero-order chi connectivity index (χ0) is 19.4. The highest BCUT2D eigenvalue weighted by Gasteiger charge is 2.22. The van der Waals surface area contributed by atoms with Crippen LogP contribution in [0.25, 0.3) is 11.6 Å². The molecule has 6 nitrogen and oxygen atoms in total. The van der Waals surface area contributed by atoms with Crippen LogP contribution in [0.5, 0.6) is 0 Å². The largest absolute Gasteiger partial charge is 0.461 e. The summed E-state index contributed by atoms with van der Waals surface area (Å²) in [6, 6.07) is 10.7. The van der Waals surface area contributed by atoms with Crippen molar-refractivity contribution in [2.75, 3.05) is 5.32 Å². The van der Waals surface area contributed by atoms with Gasteiger partial charge in [0.05, 0.1) is 11.5 Å². The zero-order valence-corrected chi connectivity index (χ0v) is 16.9. The van der Waals surface area contributed by atoms with Gasteiger partial charge in [0.2, 0.25) is 5.91 Å². The Kier molecular flexibility index (Phi) is 6.23. The second-order valence-corrected chi connectivity index (χ2v) is 8.29. The number of rotatable bonds is 7. The lowest BCUT2D eigenvalue weighted by Gasteiger charge is -2.14. The summed E-state index contributed by atoms with van der Waals surface area (Å²) in [7, 11) is 0. The van der Waals surface area contributed by atoms with Crippen LogP contribution < -0.4 is 5.32 Å². The summed E-state index contributed by atoms with van der Waals surface area (Å²) < 4.78 is 7.47. The average molecular weight is 405 g/mol. The molecule has 0 saturated carbocycles. The lowest BCUT2D eigenvalue weighted by atomic mass is 10.2. The Morgan fingerprint density at radius 2 is 1.96 bits per heavy atom. The van der Waals surface area contributed by atoms with Gasteiger partial charge < -0.3 is 9.73 Å². The molecule has 0 bridgehead atoms. The van der Waals surface area contributed by atoms with Crippen molar-refractivity contribution < 1.29 is 9.21 Å². The summed E-state index contributed by atoms with van der Waals surface area (Å²) in [5, 5.41) is 12.4. The Morgan fingerprint density at radius 3 is 2.59 bits per heavy atom. The molecule has 142 valence electrons. The molecule has 2 aromatic heterocycles. The zero-order valence-electron chi connectivity index (χ0n) is 15.3. The maximum Gasteiger partial charge on any atom is 0.237 e. The number of carbonyl (C=O) groups is 1. The van der Waals surface area contributed by atoms with Gasteiger partial charge in [-0.15, -0.1) is 10.2 Å². The first-order chi connectivity index (χ1) is 12.9. The van der Waals surface area contributed by atoms with Gasteiger partial charge >= 0.3 is 0 Å². The molecule has 3 rings (SSSR count). The molecule has 0 radical (unpaired) electrons. The number of hydrogen-bond acceptors (Lipinski definition) is 5. The summed E-state index contributed by atoms with van der Waals surface area (Å²) in [5.41, 5.74) is 0.705. The van der Waals surface area contributed by atoms with Crippen LogP contribution >= 0.6 is 23.4 Å². The van der Waals surface area contributed by atoms with Crippen LogP contribution in [-0.4, -0.2) is 25.9 Å². The Bertz CT molecular complexity index is 891. The van der Waals surface area contributed by atoms with Gasteiger partial charge in [-0.05, 0) is 49.2 Å². The van der Waals surface area contributed by atoms with Crippen molar-refractivity contribution in [3.8, 4) is 11.6 Å². The normalized spacial score (nSPS) is 12.3. The van der Waals surface area contributed by atoms with E-state index in [9.17, 15) is 4.79 Å². The van der Waals surface area contributed by atoms with Gasteiger partial charge in [-0.3, -0.25) is 9.36 Å². The first kappa shape index (κ1) is 19.5. The number of benzene rings is 1. The van der Waals surface area contributed by atoms with Crippen LogP contribution in [0, 0.1) is 5.92 Å². The Labute approximate surface area is 167 Å². The molecule has 0 spiro atoms. The van der Waals surface area contributed by atoms with Crippen molar-refractivity contribution in [2.45, 2.75) is 37.7 Å². The third-order valence-corrected chi connectivity index (χ3v) is 5.10. The Hall–Kier alpha value is -2.25. The van der Waals surface area contributed by atoms with Gasteiger partial charge in [0.1, 0.15) is 0 Å². The molecule has 0 aliphatic heterocycles. The van der Waals surface area contributed by atoms with E-state index in [0.29, 0.717) is 33.4 Å². The van der Waals surface area contributed by atoms with E-state index in [-0.39, 0.29) is 11.2 Å². The number of anilines is 1. The number of amides is 1. The number of thioether (sulfide) groups is 1. The number of hydrogen-bond donors (Lipinski definition) is 1. The van der Waals surface area contributed by atoms with Crippen molar-refractivity contribution in [3.63, 3.8) is 0 Å². The molecular formula is C19H21ClN4O2S. The fourth-order valence-corrected chi connectivity index (χ4v) is 3.47. The molecule has 2 heterocycles. The fraction of sp³-hybridized carbons (Fsp3) is 0.316. The molecule has 0 aliphatic carbocycles. The van der Waals surface area contributed by atoms with Crippen LogP contribution in [-0.2, 0) is 11.3 Å². The molecule has 0 aliphatic rings. The number of nitrogens with one attached hydrogen (secondary N) is 1. The lowest BCUT2D eigenvalue weighted by Crippen LogP contribution is -2.23. The van der Waals surface area contributed by atoms with Gasteiger partial charge in [0.15, 0.2) is 16.7 Å². The second-order valence-electron chi connectivity index (χ2n) is 6.54. The number of carbonyl (C=O) groups excluding carboxylic acids is 1. The Balaban J connectivity index is 1.75. The van der Waals surface area contributed by atoms with E-state index in [1.54, 1.807) is 30.5 Å². The van der Waals surface area contributed by atoms with Crippen molar-refractivity contribution in [1.29, 1.82) is 0 Å². The van der Waals surface area contributed by atoms with Crippen molar-refractivity contribution >= 4 is 35.0 Å². The maximum atomic E-state index is 12.5. The first-order valence-corrected chi connectivity index (χ1v) is 9.90. The standard InChI is InChI=1S/C19H21ClN4O2S/c1-12(2)11-24-17(16-5-4-10-26-16)22-23-19(24)27-13(3)18(25)21-15-8-6-14(20)7-9-15/h4-10,12-13H,11H2,1-3H3,(H,21,25). The third kappa shape index (κ3) is 4.93. The molecule has 3 aromatic rings. The molecule has 1 N–H and O–H groups in total. The number of nitrogens with zero attached hydrogens (tertiary/aromatic N) is 3. The molecule has 8 heteroatoms. The maximum absolute atomic E-state index is 12.5. The van der Waals surface area contributed by atoms with Crippen molar-refractivity contribution in [3.05, 3.63) is 47.7 Å². The van der Waals surface area contributed by atoms with E-state index < -0.39 is 0 Å². The summed E-state index contributed by atoms with van der Waals surface area (Å²) in [6.45, 7) is 6.82. The van der Waals surface area contributed by atoms with Crippen LogP contribution in [0.15, 0.2) is 52.2 Å². The smallest absolute Gasteiger partial charge is 0.237 e. The van der Waals surface area contributed by atoms with Crippen LogP contribution in [0.2, 0.25) is 5.02 Å². The van der Waals surface area contributed by atoms with Gasteiger partial charge in [-0.2, -0.15) is 0 Å². The summed E-state index contributed by atoms with van der Waals surface area (Å²) in [6.07, 6.45) is 1.61. The van der Waals surface area contributed by atoms with Gasteiger partial charge in [0, 0.05) is 17.3 Å². The first-order valence-electron chi connectivity index (χ1n) is 8.64. The number of furan rings is 1. The highest BCUT2D eigenvalue weighted by Crippen LogP contribution is 2.28. The second kappa shape index (κ2) is 8.63. The molecule has 1 unspecified atom stereocenters. The van der Waals surface area contributed by atoms with Crippen molar-refractivity contribution in [2.24, 2.45) is 5.92 Å². The summed E-state index contributed by atoms with van der Waals surface area (Å²) >= 11 is 7.25. The minimum absolute atomic E-state index is 0.110. The minimum Gasteiger partial charge on any atom is -0.461 e. The van der Waals surface area contributed by atoms with E-state index in [1.165, 1.54) is 11.8 Å². The summed E-state index contributed by atoms with van der Waals surface area (Å²) in [4.78, 5) is 12.5. The van der Waals surface area contributed by atoms with Crippen LogP contribution in [0.4, 0.5) is 5.69 Å². The highest BCUT2D eigenvalue weighted by atomic mass is 35.5. The minimum atomic E-state index is -0.347. The van der Waals surface area contributed by atoms with E-state index >= 15 is 0 Å². The predicted octanol–water partition coefficient (Wildman–Crippen LogP) is 4.97. The average Bonchev–Trinajstić information content (AvgIpc) is 3.27. The lowest BCUT2D eigenvalue weighted by molar-refractivity contribution is -0.115. The molecule has 1 aromatic carbocycles. The topological polar surface area (TPSA) is 73.0 Å². The third-order valence-electron chi connectivity index (χ3n) is 3.77. The van der Waals surface area contributed by atoms with Crippen molar-refractivity contribution in [1.82, 2.24) is 14.8 Å². The number of halogens is 1. The molecule has 27 heavy (non-hydrogen) atoms.